The Kier molecular flexibility index (Phi) is 3.68. The van der Waals surface area contributed by atoms with Gasteiger partial charge in [0.1, 0.15) is 11.3 Å². The molecule has 0 unspecified atom stereocenters. The van der Waals surface area contributed by atoms with Gasteiger partial charge in [0.05, 0.1) is 16.1 Å². The Morgan fingerprint density at radius 1 is 1.40 bits per heavy atom. The third-order valence-electron chi connectivity index (χ3n) is 2.55. The average Bonchev–Trinajstić information content (AvgIpc) is 2.76. The van der Waals surface area contributed by atoms with Gasteiger partial charge in [-0.15, -0.1) is 5.10 Å². The van der Waals surface area contributed by atoms with E-state index in [1.807, 2.05) is 0 Å². The van der Waals surface area contributed by atoms with Crippen molar-refractivity contribution >= 4 is 28.9 Å². The molecule has 0 saturated heterocycles. The van der Waals surface area contributed by atoms with Crippen molar-refractivity contribution in [3.63, 3.8) is 0 Å². The first-order chi connectivity index (χ1) is 9.20. The van der Waals surface area contributed by atoms with Gasteiger partial charge in [-0.1, -0.05) is 28.4 Å². The van der Waals surface area contributed by atoms with Crippen molar-refractivity contribution in [2.45, 2.75) is 19.4 Å². The molecule has 1 aromatic carbocycles. The van der Waals surface area contributed by atoms with E-state index in [4.69, 9.17) is 23.2 Å². The molecule has 0 atom stereocenters. The van der Waals surface area contributed by atoms with Crippen LogP contribution in [0.4, 0.5) is 5.69 Å². The lowest BCUT2D eigenvalue weighted by Gasteiger charge is -2.12. The second-order valence-electron chi connectivity index (χ2n) is 4.62. The van der Waals surface area contributed by atoms with Crippen LogP contribution in [0.2, 0.25) is 10.0 Å². The van der Waals surface area contributed by atoms with Crippen molar-refractivity contribution in [1.82, 2.24) is 15.0 Å². The highest BCUT2D eigenvalue weighted by atomic mass is 35.5. The Labute approximate surface area is 123 Å². The molecule has 0 aliphatic rings. The summed E-state index contributed by atoms with van der Waals surface area (Å²) < 4.78 is 1.14. The van der Waals surface area contributed by atoms with Crippen LogP contribution in [0.15, 0.2) is 18.3 Å². The summed E-state index contributed by atoms with van der Waals surface area (Å²) in [6.45, 7) is 3.05. The standard InChI is InChI=1S/C11H10Cl2N4O3/c1-11(2,18)9-5-16(15-14-9)10-7(13)3-6(12)4-8(10)17(19)20/h3-5,18H,1-2H3. The summed E-state index contributed by atoms with van der Waals surface area (Å²) in [5.74, 6) is 0. The molecule has 20 heavy (non-hydrogen) atoms. The second-order valence-corrected chi connectivity index (χ2v) is 5.46. The summed E-state index contributed by atoms with van der Waals surface area (Å²) in [4.78, 5) is 10.5. The maximum atomic E-state index is 11.1. The molecule has 0 radical (unpaired) electrons. The van der Waals surface area contributed by atoms with Crippen LogP contribution >= 0.6 is 23.2 Å². The molecule has 1 aromatic heterocycles. The summed E-state index contributed by atoms with van der Waals surface area (Å²) in [6.07, 6.45) is 1.38. The van der Waals surface area contributed by atoms with E-state index in [1.165, 1.54) is 32.2 Å². The summed E-state index contributed by atoms with van der Waals surface area (Å²) >= 11 is 11.8. The molecule has 0 saturated carbocycles. The van der Waals surface area contributed by atoms with Crippen molar-refractivity contribution in [1.29, 1.82) is 0 Å². The molecule has 0 fully saturated rings. The summed E-state index contributed by atoms with van der Waals surface area (Å²) in [5, 5.41) is 28.7. The van der Waals surface area contributed by atoms with Crippen LogP contribution in [-0.2, 0) is 5.60 Å². The molecule has 1 heterocycles. The van der Waals surface area contributed by atoms with E-state index >= 15 is 0 Å². The van der Waals surface area contributed by atoms with Crippen LogP contribution in [0.5, 0.6) is 0 Å². The average molecular weight is 317 g/mol. The molecule has 9 heteroatoms. The van der Waals surface area contributed by atoms with Crippen LogP contribution in [0, 0.1) is 10.1 Å². The van der Waals surface area contributed by atoms with E-state index < -0.39 is 10.5 Å². The van der Waals surface area contributed by atoms with Crippen molar-refractivity contribution in [3.8, 4) is 5.69 Å². The summed E-state index contributed by atoms with van der Waals surface area (Å²) in [7, 11) is 0. The third-order valence-corrected chi connectivity index (χ3v) is 3.06. The lowest BCUT2D eigenvalue weighted by atomic mass is 10.1. The first-order valence-electron chi connectivity index (χ1n) is 5.49. The molecule has 2 aromatic rings. The molecular weight excluding hydrogens is 307 g/mol. The number of aromatic nitrogens is 3. The number of nitro groups is 1. The number of hydrogen-bond acceptors (Lipinski definition) is 5. The van der Waals surface area contributed by atoms with Gasteiger partial charge >= 0.3 is 0 Å². The first kappa shape index (κ1) is 14.7. The number of rotatable bonds is 3. The quantitative estimate of drug-likeness (QED) is 0.694. The van der Waals surface area contributed by atoms with Crippen molar-refractivity contribution in [2.24, 2.45) is 0 Å². The van der Waals surface area contributed by atoms with Gasteiger partial charge in [-0.25, -0.2) is 4.68 Å². The number of hydrogen-bond donors (Lipinski definition) is 1. The number of nitro benzene ring substituents is 1. The van der Waals surface area contributed by atoms with Gasteiger partial charge in [0.15, 0.2) is 5.69 Å². The molecule has 2 rings (SSSR count). The fourth-order valence-electron chi connectivity index (χ4n) is 1.57. The fourth-order valence-corrected chi connectivity index (χ4v) is 2.14. The lowest BCUT2D eigenvalue weighted by molar-refractivity contribution is -0.384. The van der Waals surface area contributed by atoms with E-state index in [1.54, 1.807) is 0 Å². The zero-order chi connectivity index (χ0) is 15.1. The third kappa shape index (κ3) is 2.74. The Morgan fingerprint density at radius 3 is 2.55 bits per heavy atom. The number of halogens is 2. The van der Waals surface area contributed by atoms with Gasteiger partial charge in [0, 0.05) is 11.1 Å². The summed E-state index contributed by atoms with van der Waals surface area (Å²) in [5.41, 5.74) is -1.21. The molecule has 1 N–H and O–H groups in total. The highest BCUT2D eigenvalue weighted by molar-refractivity contribution is 6.36. The largest absolute Gasteiger partial charge is 0.384 e. The number of aliphatic hydroxyl groups is 1. The van der Waals surface area contributed by atoms with Crippen molar-refractivity contribution in [2.75, 3.05) is 0 Å². The smallest absolute Gasteiger partial charge is 0.297 e. The molecule has 0 amide bonds. The fraction of sp³-hybridized carbons (Fsp3) is 0.273. The Morgan fingerprint density at radius 2 is 2.05 bits per heavy atom. The highest BCUT2D eigenvalue weighted by Gasteiger charge is 2.25. The van der Waals surface area contributed by atoms with Gasteiger partial charge in [-0.3, -0.25) is 10.1 Å². The zero-order valence-electron chi connectivity index (χ0n) is 10.5. The Bertz CT molecular complexity index is 679. The molecule has 0 aliphatic carbocycles. The predicted octanol–water partition coefficient (Wildman–Crippen LogP) is 2.71. The van der Waals surface area contributed by atoms with Crippen molar-refractivity contribution < 1.29 is 10.0 Å². The first-order valence-corrected chi connectivity index (χ1v) is 6.25. The lowest BCUT2D eigenvalue weighted by Crippen LogP contribution is -2.15. The van der Waals surface area contributed by atoms with Gasteiger partial charge in [-0.2, -0.15) is 0 Å². The molecule has 0 spiro atoms. The second kappa shape index (κ2) is 5.01. The van der Waals surface area contributed by atoms with Crippen molar-refractivity contribution in [3.05, 3.63) is 44.2 Å². The van der Waals surface area contributed by atoms with Crippen LogP contribution in [-0.4, -0.2) is 25.0 Å². The number of nitrogens with zero attached hydrogens (tertiary/aromatic N) is 4. The minimum absolute atomic E-state index is 0.0454. The van der Waals surface area contributed by atoms with Gasteiger partial charge in [0.2, 0.25) is 0 Å². The molecule has 106 valence electrons. The van der Waals surface area contributed by atoms with E-state index in [2.05, 4.69) is 10.3 Å². The van der Waals surface area contributed by atoms with E-state index in [0.717, 1.165) is 4.68 Å². The molecular formula is C11H10Cl2N4O3. The normalized spacial score (nSPS) is 11.7. The Balaban J connectivity index is 2.63. The monoisotopic (exact) mass is 316 g/mol. The zero-order valence-corrected chi connectivity index (χ0v) is 12.1. The minimum Gasteiger partial charge on any atom is -0.384 e. The molecule has 0 aliphatic heterocycles. The number of benzene rings is 1. The SMILES string of the molecule is CC(C)(O)c1cn(-c2c(Cl)cc(Cl)cc2[N+](=O)[O-])nn1. The van der Waals surface area contributed by atoms with Crippen LogP contribution < -0.4 is 0 Å². The topological polar surface area (TPSA) is 94.1 Å². The molecule has 7 nitrogen and oxygen atoms in total. The highest BCUT2D eigenvalue weighted by Crippen LogP contribution is 2.33. The van der Waals surface area contributed by atoms with Crippen LogP contribution in [0.3, 0.4) is 0 Å². The van der Waals surface area contributed by atoms with E-state index in [9.17, 15) is 15.2 Å². The maximum Gasteiger partial charge on any atom is 0.297 e. The van der Waals surface area contributed by atoms with Gasteiger partial charge < -0.3 is 5.11 Å². The van der Waals surface area contributed by atoms with Gasteiger partial charge in [0.25, 0.3) is 5.69 Å². The summed E-state index contributed by atoms with van der Waals surface area (Å²) in [6, 6.07) is 2.55. The maximum absolute atomic E-state index is 11.1. The Hall–Kier alpha value is -1.70. The van der Waals surface area contributed by atoms with E-state index in [0.29, 0.717) is 0 Å². The van der Waals surface area contributed by atoms with Crippen LogP contribution in [0.1, 0.15) is 19.5 Å². The van der Waals surface area contributed by atoms with Gasteiger partial charge in [-0.05, 0) is 19.9 Å². The molecule has 0 bridgehead atoms. The minimum atomic E-state index is -1.22. The van der Waals surface area contributed by atoms with E-state index in [-0.39, 0.29) is 27.1 Å². The van der Waals surface area contributed by atoms with Crippen LogP contribution in [0.25, 0.3) is 5.69 Å². The predicted molar refractivity (Wildman–Crippen MR) is 73.3 cm³/mol.